The number of nitrogens with one attached hydrogen (secondary N) is 1. The van der Waals surface area contributed by atoms with Crippen LogP contribution in [0, 0.1) is 5.82 Å². The molecule has 3 heterocycles. The third kappa shape index (κ3) is 4.42. The zero-order chi connectivity index (χ0) is 19.3. The van der Waals surface area contributed by atoms with E-state index in [9.17, 15) is 9.18 Å². The van der Waals surface area contributed by atoms with Crippen molar-refractivity contribution < 1.29 is 9.18 Å². The molecule has 0 aliphatic carbocycles. The maximum atomic E-state index is 13.0. The maximum absolute atomic E-state index is 13.0. The molecule has 2 atom stereocenters. The highest BCUT2D eigenvalue weighted by atomic mass is 32.1. The van der Waals surface area contributed by atoms with Crippen molar-refractivity contribution in [2.75, 3.05) is 13.1 Å². The van der Waals surface area contributed by atoms with Crippen LogP contribution in [0.25, 0.3) is 0 Å². The molecular formula is C19H21FN6OS. The van der Waals surface area contributed by atoms with E-state index < -0.39 is 0 Å². The van der Waals surface area contributed by atoms with Crippen molar-refractivity contribution in [3.63, 3.8) is 0 Å². The zero-order valence-corrected chi connectivity index (χ0v) is 16.1. The molecule has 3 aromatic rings. The molecule has 0 saturated carbocycles. The van der Waals surface area contributed by atoms with Gasteiger partial charge in [0.05, 0.1) is 12.1 Å². The summed E-state index contributed by atoms with van der Waals surface area (Å²) < 4.78 is 14.7. The molecule has 1 N–H and O–H groups in total. The molecule has 146 valence electrons. The Morgan fingerprint density at radius 1 is 1.25 bits per heavy atom. The molecule has 9 heteroatoms. The van der Waals surface area contributed by atoms with E-state index in [1.807, 2.05) is 5.38 Å². The van der Waals surface area contributed by atoms with E-state index in [4.69, 9.17) is 0 Å². The lowest BCUT2D eigenvalue weighted by atomic mass is 10.1. The largest absolute Gasteiger partial charge is 0.354 e. The molecule has 0 unspecified atom stereocenters. The minimum absolute atomic E-state index is 0.00733. The van der Waals surface area contributed by atoms with Crippen molar-refractivity contribution in [1.29, 1.82) is 0 Å². The third-order valence-corrected chi connectivity index (χ3v) is 5.75. The standard InChI is InChI=1S/C19H21FN6OS/c20-16-3-1-14(2-4-16)5-7-21-19(27)18-9-17(26-13-22-23-24-26)11-25(18)10-15-6-8-28-12-15/h1-4,6,8,12-13,17-18H,5,7,9-11H2,(H,21,27)/t17-,18-/m0/s1. The van der Waals surface area contributed by atoms with Gasteiger partial charge in [0.15, 0.2) is 0 Å². The summed E-state index contributed by atoms with van der Waals surface area (Å²) in [6.45, 7) is 1.96. The molecule has 1 fully saturated rings. The first-order valence-corrected chi connectivity index (χ1v) is 10.1. The van der Waals surface area contributed by atoms with Crippen molar-refractivity contribution >= 4 is 17.2 Å². The van der Waals surface area contributed by atoms with E-state index in [2.05, 4.69) is 37.2 Å². The van der Waals surface area contributed by atoms with E-state index in [-0.39, 0.29) is 23.8 Å². The topological polar surface area (TPSA) is 75.9 Å². The van der Waals surface area contributed by atoms with Crippen LogP contribution in [0.15, 0.2) is 47.4 Å². The number of carbonyl (C=O) groups excluding carboxylic acids is 1. The number of likely N-dealkylation sites (tertiary alicyclic amines) is 1. The molecule has 0 spiro atoms. The number of tetrazole rings is 1. The first-order chi connectivity index (χ1) is 13.7. The Labute approximate surface area is 166 Å². The van der Waals surface area contributed by atoms with Crippen LogP contribution in [0.4, 0.5) is 4.39 Å². The number of amides is 1. The summed E-state index contributed by atoms with van der Waals surface area (Å²) in [7, 11) is 0. The van der Waals surface area contributed by atoms with Crippen molar-refractivity contribution in [2.45, 2.75) is 31.5 Å². The highest BCUT2D eigenvalue weighted by Crippen LogP contribution is 2.28. The number of hydrogen-bond donors (Lipinski definition) is 1. The predicted molar refractivity (Wildman–Crippen MR) is 103 cm³/mol. The van der Waals surface area contributed by atoms with Crippen molar-refractivity contribution in [1.82, 2.24) is 30.4 Å². The average molecular weight is 400 g/mol. The van der Waals surface area contributed by atoms with Gasteiger partial charge in [0, 0.05) is 19.6 Å². The second-order valence-electron chi connectivity index (χ2n) is 6.92. The quantitative estimate of drug-likeness (QED) is 0.657. The highest BCUT2D eigenvalue weighted by molar-refractivity contribution is 7.07. The molecule has 0 bridgehead atoms. The number of thiophene rings is 1. The second kappa shape index (κ2) is 8.57. The van der Waals surface area contributed by atoms with Gasteiger partial charge in [-0.3, -0.25) is 9.69 Å². The Morgan fingerprint density at radius 2 is 2.11 bits per heavy atom. The van der Waals surface area contributed by atoms with Crippen LogP contribution < -0.4 is 5.32 Å². The molecule has 4 rings (SSSR count). The van der Waals surface area contributed by atoms with Gasteiger partial charge in [-0.05, 0) is 63.4 Å². The first kappa shape index (κ1) is 18.7. The fourth-order valence-corrected chi connectivity index (χ4v) is 4.23. The number of carbonyl (C=O) groups is 1. The lowest BCUT2D eigenvalue weighted by Crippen LogP contribution is -2.43. The highest BCUT2D eigenvalue weighted by Gasteiger charge is 2.38. The van der Waals surface area contributed by atoms with Crippen LogP contribution in [0.1, 0.15) is 23.6 Å². The number of benzene rings is 1. The summed E-state index contributed by atoms with van der Waals surface area (Å²) in [4.78, 5) is 15.1. The minimum atomic E-state index is -0.253. The third-order valence-electron chi connectivity index (χ3n) is 5.01. The summed E-state index contributed by atoms with van der Waals surface area (Å²) >= 11 is 1.65. The molecule has 28 heavy (non-hydrogen) atoms. The normalized spacial score (nSPS) is 19.8. The van der Waals surface area contributed by atoms with E-state index in [0.717, 1.165) is 18.7 Å². The summed E-state index contributed by atoms with van der Waals surface area (Å²) in [5.41, 5.74) is 2.20. The van der Waals surface area contributed by atoms with E-state index >= 15 is 0 Å². The van der Waals surface area contributed by atoms with Gasteiger partial charge in [-0.1, -0.05) is 12.1 Å². The Morgan fingerprint density at radius 3 is 2.82 bits per heavy atom. The van der Waals surface area contributed by atoms with Crippen molar-refractivity contribution in [2.24, 2.45) is 0 Å². The van der Waals surface area contributed by atoms with Crippen LogP contribution in [-0.2, 0) is 17.8 Å². The Balaban J connectivity index is 1.38. The van der Waals surface area contributed by atoms with Crippen LogP contribution in [0.5, 0.6) is 0 Å². The van der Waals surface area contributed by atoms with Gasteiger partial charge in [0.2, 0.25) is 5.91 Å². The number of nitrogens with zero attached hydrogens (tertiary/aromatic N) is 5. The maximum Gasteiger partial charge on any atom is 0.237 e. The molecule has 1 saturated heterocycles. The summed E-state index contributed by atoms with van der Waals surface area (Å²) in [6, 6.07) is 8.28. The number of rotatable bonds is 7. The van der Waals surface area contributed by atoms with Crippen LogP contribution in [-0.4, -0.2) is 50.1 Å². The molecule has 1 aliphatic rings. The Bertz CT molecular complexity index is 884. The predicted octanol–water partition coefficient (Wildman–Crippen LogP) is 2.05. The van der Waals surface area contributed by atoms with Gasteiger partial charge in [0.1, 0.15) is 12.1 Å². The van der Waals surface area contributed by atoms with E-state index in [1.165, 1.54) is 17.7 Å². The van der Waals surface area contributed by atoms with E-state index in [1.54, 1.807) is 34.5 Å². The zero-order valence-electron chi connectivity index (χ0n) is 15.2. The van der Waals surface area contributed by atoms with Crippen LogP contribution in [0.2, 0.25) is 0 Å². The molecule has 1 aliphatic heterocycles. The monoisotopic (exact) mass is 400 g/mol. The SMILES string of the molecule is O=C(NCCc1ccc(F)cc1)[C@@H]1C[C@H](n2cnnn2)CN1Cc1ccsc1. The number of hydrogen-bond acceptors (Lipinski definition) is 6. The molecule has 7 nitrogen and oxygen atoms in total. The van der Waals surface area contributed by atoms with Gasteiger partial charge >= 0.3 is 0 Å². The van der Waals surface area contributed by atoms with E-state index in [0.29, 0.717) is 19.4 Å². The summed E-state index contributed by atoms with van der Waals surface area (Å²) in [5.74, 6) is -0.246. The second-order valence-corrected chi connectivity index (χ2v) is 7.70. The Hall–Kier alpha value is -2.65. The number of aromatic nitrogens is 4. The summed E-state index contributed by atoms with van der Waals surface area (Å²) in [6.07, 6.45) is 2.93. The smallest absolute Gasteiger partial charge is 0.237 e. The van der Waals surface area contributed by atoms with Gasteiger partial charge in [-0.2, -0.15) is 11.3 Å². The Kier molecular flexibility index (Phi) is 5.73. The lowest BCUT2D eigenvalue weighted by molar-refractivity contribution is -0.125. The van der Waals surface area contributed by atoms with Gasteiger partial charge in [-0.25, -0.2) is 9.07 Å². The average Bonchev–Trinajstić information content (AvgIpc) is 3.45. The summed E-state index contributed by atoms with van der Waals surface area (Å²) in [5, 5.41) is 18.6. The van der Waals surface area contributed by atoms with Crippen molar-refractivity contribution in [3.8, 4) is 0 Å². The van der Waals surface area contributed by atoms with Gasteiger partial charge in [-0.15, -0.1) is 5.10 Å². The fraction of sp³-hybridized carbons (Fsp3) is 0.368. The van der Waals surface area contributed by atoms with Gasteiger partial charge < -0.3 is 5.32 Å². The van der Waals surface area contributed by atoms with Crippen LogP contribution >= 0.6 is 11.3 Å². The van der Waals surface area contributed by atoms with Gasteiger partial charge in [0.25, 0.3) is 0 Å². The molecule has 2 aromatic heterocycles. The number of halogens is 1. The molecule has 1 aromatic carbocycles. The molecule has 0 radical (unpaired) electrons. The first-order valence-electron chi connectivity index (χ1n) is 9.19. The van der Waals surface area contributed by atoms with Crippen LogP contribution in [0.3, 0.4) is 0 Å². The molecular weight excluding hydrogens is 379 g/mol. The minimum Gasteiger partial charge on any atom is -0.354 e. The fourth-order valence-electron chi connectivity index (χ4n) is 3.57. The molecule has 1 amide bonds. The lowest BCUT2D eigenvalue weighted by Gasteiger charge is -2.23. The van der Waals surface area contributed by atoms with Crippen molar-refractivity contribution in [3.05, 3.63) is 64.4 Å².